The Bertz CT molecular complexity index is 486. The molecule has 2 saturated carbocycles. The van der Waals surface area contributed by atoms with Crippen molar-refractivity contribution < 1.29 is 9.47 Å². The number of hydrogen-bond donors (Lipinski definition) is 1. The molecule has 4 unspecified atom stereocenters. The first-order chi connectivity index (χ1) is 10.2. The Hall–Kier alpha value is -1.22. The lowest BCUT2D eigenvalue weighted by atomic mass is 9.89. The summed E-state index contributed by atoms with van der Waals surface area (Å²) in [5, 5.41) is 0. The Morgan fingerprint density at radius 1 is 1.29 bits per heavy atom. The predicted octanol–water partition coefficient (Wildman–Crippen LogP) is 3.40. The van der Waals surface area contributed by atoms with Crippen molar-refractivity contribution in [1.82, 2.24) is 0 Å². The third-order valence-corrected chi connectivity index (χ3v) is 5.15. The summed E-state index contributed by atoms with van der Waals surface area (Å²) in [6.07, 6.45) is 6.48. The fourth-order valence-electron chi connectivity index (χ4n) is 4.11. The number of benzene rings is 1. The largest absolute Gasteiger partial charge is 0.497 e. The molecule has 0 heterocycles. The molecule has 0 aliphatic heterocycles. The maximum Gasteiger partial charge on any atom is 0.122 e. The molecule has 2 fully saturated rings. The van der Waals surface area contributed by atoms with Gasteiger partial charge in [0.05, 0.1) is 13.7 Å². The lowest BCUT2D eigenvalue weighted by molar-refractivity contribution is 0.193. The number of hydrogen-bond acceptors (Lipinski definition) is 3. The molecule has 0 saturated heterocycles. The van der Waals surface area contributed by atoms with Gasteiger partial charge in [0.1, 0.15) is 11.5 Å². The van der Waals surface area contributed by atoms with Gasteiger partial charge in [-0.3, -0.25) is 0 Å². The van der Waals surface area contributed by atoms with Crippen LogP contribution in [0.3, 0.4) is 0 Å². The average Bonchev–Trinajstić information content (AvgIpc) is 3.07. The summed E-state index contributed by atoms with van der Waals surface area (Å²) >= 11 is 0. The van der Waals surface area contributed by atoms with Crippen LogP contribution in [0.25, 0.3) is 0 Å². The van der Waals surface area contributed by atoms with E-state index in [-0.39, 0.29) is 6.04 Å². The summed E-state index contributed by atoms with van der Waals surface area (Å²) in [7, 11) is 1.70. The van der Waals surface area contributed by atoms with E-state index in [1.54, 1.807) is 7.11 Å². The Morgan fingerprint density at radius 3 is 2.76 bits per heavy atom. The van der Waals surface area contributed by atoms with Gasteiger partial charge in [0.2, 0.25) is 0 Å². The first kappa shape index (κ1) is 14.7. The van der Waals surface area contributed by atoms with Gasteiger partial charge in [-0.25, -0.2) is 0 Å². The zero-order valence-corrected chi connectivity index (χ0v) is 13.2. The Balaban J connectivity index is 1.66. The van der Waals surface area contributed by atoms with Crippen molar-refractivity contribution in [1.29, 1.82) is 0 Å². The van der Waals surface area contributed by atoms with E-state index in [4.69, 9.17) is 15.2 Å². The van der Waals surface area contributed by atoms with Crippen molar-refractivity contribution in [3.63, 3.8) is 0 Å². The van der Waals surface area contributed by atoms with Crippen LogP contribution in [0.2, 0.25) is 0 Å². The molecule has 2 bridgehead atoms. The van der Waals surface area contributed by atoms with Crippen molar-refractivity contribution in [3.8, 4) is 11.5 Å². The van der Waals surface area contributed by atoms with Gasteiger partial charge in [0.15, 0.2) is 0 Å². The molecule has 3 nitrogen and oxygen atoms in total. The van der Waals surface area contributed by atoms with Gasteiger partial charge in [0, 0.05) is 6.04 Å². The van der Waals surface area contributed by atoms with E-state index in [1.165, 1.54) is 25.7 Å². The van der Waals surface area contributed by atoms with E-state index in [9.17, 15) is 0 Å². The van der Waals surface area contributed by atoms with Crippen molar-refractivity contribution in [3.05, 3.63) is 23.8 Å². The van der Waals surface area contributed by atoms with Gasteiger partial charge < -0.3 is 15.2 Å². The molecule has 0 spiro atoms. The van der Waals surface area contributed by atoms with Gasteiger partial charge in [0.25, 0.3) is 0 Å². The van der Waals surface area contributed by atoms with Crippen molar-refractivity contribution in [2.45, 2.75) is 45.1 Å². The fourth-order valence-corrected chi connectivity index (χ4v) is 4.11. The fraction of sp³-hybridized carbons (Fsp3) is 0.667. The third kappa shape index (κ3) is 3.34. The van der Waals surface area contributed by atoms with Crippen molar-refractivity contribution >= 4 is 0 Å². The lowest BCUT2D eigenvalue weighted by Gasteiger charge is -2.23. The molecule has 3 heteroatoms. The second-order valence-electron chi connectivity index (χ2n) is 6.90. The second-order valence-corrected chi connectivity index (χ2v) is 6.90. The van der Waals surface area contributed by atoms with Crippen LogP contribution in [-0.2, 0) is 6.42 Å². The minimum absolute atomic E-state index is 0.127. The first-order valence-electron chi connectivity index (χ1n) is 8.21. The molecular formula is C18H27NO2. The van der Waals surface area contributed by atoms with Crippen LogP contribution in [0.5, 0.6) is 11.5 Å². The van der Waals surface area contributed by atoms with Gasteiger partial charge in [-0.15, -0.1) is 0 Å². The van der Waals surface area contributed by atoms with Crippen LogP contribution in [0, 0.1) is 17.8 Å². The number of methoxy groups -OCH3 is 1. The number of fused-ring (bicyclic) bond motifs is 2. The van der Waals surface area contributed by atoms with E-state index in [1.807, 2.05) is 19.1 Å². The van der Waals surface area contributed by atoms with Crippen LogP contribution in [-0.4, -0.2) is 19.8 Å². The Kier molecular flexibility index (Phi) is 4.39. The summed E-state index contributed by atoms with van der Waals surface area (Å²) in [6, 6.07) is 6.19. The van der Waals surface area contributed by atoms with Gasteiger partial charge >= 0.3 is 0 Å². The Morgan fingerprint density at radius 2 is 2.14 bits per heavy atom. The van der Waals surface area contributed by atoms with Crippen LogP contribution in [0.1, 0.15) is 38.2 Å². The standard InChI is InChI=1S/C18H27NO2/c1-12(19)7-15-10-17(20-2)5-6-18(15)21-11-16-9-13-3-4-14(16)8-13/h5-6,10,12-14,16H,3-4,7-9,11,19H2,1-2H3. The van der Waals surface area contributed by atoms with Gasteiger partial charge in [-0.1, -0.05) is 6.42 Å². The highest BCUT2D eigenvalue weighted by molar-refractivity contribution is 5.40. The summed E-state index contributed by atoms with van der Waals surface area (Å²) in [5.41, 5.74) is 7.12. The Labute approximate surface area is 127 Å². The maximum atomic E-state index is 6.16. The SMILES string of the molecule is COc1ccc(OCC2CC3CCC2C3)c(CC(C)N)c1. The van der Waals surface area contributed by atoms with E-state index < -0.39 is 0 Å². The molecule has 0 radical (unpaired) electrons. The average molecular weight is 289 g/mol. The van der Waals surface area contributed by atoms with Crippen molar-refractivity contribution in [2.75, 3.05) is 13.7 Å². The minimum atomic E-state index is 0.127. The summed E-state index contributed by atoms with van der Waals surface area (Å²) in [6.45, 7) is 2.89. The normalized spacial score (nSPS) is 28.6. The molecule has 0 aromatic heterocycles. The molecular weight excluding hydrogens is 262 g/mol. The van der Waals surface area contributed by atoms with Crippen molar-refractivity contribution in [2.24, 2.45) is 23.5 Å². The quantitative estimate of drug-likeness (QED) is 0.873. The molecule has 0 amide bonds. The lowest BCUT2D eigenvalue weighted by Crippen LogP contribution is -2.21. The second kappa shape index (κ2) is 6.27. The third-order valence-electron chi connectivity index (χ3n) is 5.15. The minimum Gasteiger partial charge on any atom is -0.497 e. The van der Waals surface area contributed by atoms with Crippen LogP contribution in [0.4, 0.5) is 0 Å². The zero-order valence-electron chi connectivity index (χ0n) is 13.2. The van der Waals surface area contributed by atoms with E-state index in [0.29, 0.717) is 0 Å². The highest BCUT2D eigenvalue weighted by Gasteiger charge is 2.39. The van der Waals surface area contributed by atoms with E-state index in [2.05, 4.69) is 6.07 Å². The van der Waals surface area contributed by atoms with Crippen LogP contribution >= 0.6 is 0 Å². The zero-order chi connectivity index (χ0) is 14.8. The first-order valence-corrected chi connectivity index (χ1v) is 8.21. The molecule has 1 aromatic rings. The summed E-state index contributed by atoms with van der Waals surface area (Å²) in [5.74, 6) is 4.50. The predicted molar refractivity (Wildman–Crippen MR) is 84.8 cm³/mol. The van der Waals surface area contributed by atoms with E-state index in [0.717, 1.165) is 47.8 Å². The summed E-state index contributed by atoms with van der Waals surface area (Å²) < 4.78 is 11.5. The molecule has 2 aliphatic rings. The van der Waals surface area contributed by atoms with E-state index >= 15 is 0 Å². The number of rotatable bonds is 6. The topological polar surface area (TPSA) is 44.5 Å². The summed E-state index contributed by atoms with van der Waals surface area (Å²) in [4.78, 5) is 0. The number of nitrogens with two attached hydrogens (primary N) is 1. The molecule has 4 atom stereocenters. The highest BCUT2D eigenvalue weighted by atomic mass is 16.5. The maximum absolute atomic E-state index is 6.16. The van der Waals surface area contributed by atoms with Crippen LogP contribution < -0.4 is 15.2 Å². The number of ether oxygens (including phenoxy) is 2. The highest BCUT2D eigenvalue weighted by Crippen LogP contribution is 2.48. The smallest absolute Gasteiger partial charge is 0.122 e. The molecule has 116 valence electrons. The van der Waals surface area contributed by atoms with Gasteiger partial charge in [-0.2, -0.15) is 0 Å². The van der Waals surface area contributed by atoms with Gasteiger partial charge in [-0.05, 0) is 74.1 Å². The monoisotopic (exact) mass is 289 g/mol. The molecule has 21 heavy (non-hydrogen) atoms. The molecule has 2 N–H and O–H groups in total. The van der Waals surface area contributed by atoms with Crippen LogP contribution in [0.15, 0.2) is 18.2 Å². The molecule has 3 rings (SSSR count). The molecule has 2 aliphatic carbocycles. The molecule has 1 aromatic carbocycles.